The first-order valence-corrected chi connectivity index (χ1v) is 10.3. The van der Waals surface area contributed by atoms with E-state index in [1.807, 2.05) is 18.2 Å². The molecule has 0 radical (unpaired) electrons. The van der Waals surface area contributed by atoms with E-state index >= 15 is 0 Å². The second-order valence-corrected chi connectivity index (χ2v) is 8.63. The lowest BCUT2D eigenvalue weighted by Crippen LogP contribution is -2.62. The van der Waals surface area contributed by atoms with E-state index in [0.29, 0.717) is 15.6 Å². The number of benzene rings is 2. The van der Waals surface area contributed by atoms with Crippen LogP contribution in [0, 0.1) is 5.92 Å². The molecule has 27 heavy (non-hydrogen) atoms. The minimum absolute atomic E-state index is 0.0587. The van der Waals surface area contributed by atoms with Gasteiger partial charge in [0, 0.05) is 12.1 Å². The van der Waals surface area contributed by atoms with E-state index < -0.39 is 0 Å². The molecule has 3 fully saturated rings. The molecule has 0 spiro atoms. The van der Waals surface area contributed by atoms with Gasteiger partial charge in [-0.3, -0.25) is 9.69 Å². The summed E-state index contributed by atoms with van der Waals surface area (Å²) in [6, 6.07) is 15.4. The lowest BCUT2D eigenvalue weighted by atomic mass is 9.66. The Labute approximate surface area is 170 Å². The highest BCUT2D eigenvalue weighted by Gasteiger charge is 2.50. The molecule has 2 heterocycles. The first kappa shape index (κ1) is 18.8. The SMILES string of the molecule is CN1CC2CCC1(C(NC(=O)c1cccc(Cl)c1Cl)c1ccccc1)CC2. The van der Waals surface area contributed by atoms with Crippen molar-refractivity contribution in [1.29, 1.82) is 0 Å². The number of likely N-dealkylation sites (N-methyl/N-ethyl adjacent to an activating group) is 1. The van der Waals surface area contributed by atoms with Crippen molar-refractivity contribution in [3.05, 3.63) is 69.7 Å². The Kier molecular flexibility index (Phi) is 5.19. The van der Waals surface area contributed by atoms with Crippen molar-refractivity contribution in [2.75, 3.05) is 13.6 Å². The van der Waals surface area contributed by atoms with Crippen LogP contribution >= 0.6 is 23.2 Å². The zero-order valence-electron chi connectivity index (χ0n) is 15.4. The van der Waals surface area contributed by atoms with Crippen LogP contribution in [0.25, 0.3) is 0 Å². The fourth-order valence-electron chi connectivity index (χ4n) is 4.88. The largest absolute Gasteiger partial charge is 0.343 e. The Morgan fingerprint density at radius 2 is 1.81 bits per heavy atom. The third-order valence-electron chi connectivity index (χ3n) is 6.41. The molecule has 2 saturated heterocycles. The minimum Gasteiger partial charge on any atom is -0.343 e. The molecule has 3 aliphatic rings. The van der Waals surface area contributed by atoms with Gasteiger partial charge in [0.05, 0.1) is 21.7 Å². The van der Waals surface area contributed by atoms with Crippen molar-refractivity contribution in [1.82, 2.24) is 10.2 Å². The van der Waals surface area contributed by atoms with Crippen LogP contribution in [0.3, 0.4) is 0 Å². The van der Waals surface area contributed by atoms with Crippen molar-refractivity contribution < 1.29 is 4.79 Å². The average molecular weight is 403 g/mol. The molecule has 1 amide bonds. The van der Waals surface area contributed by atoms with E-state index in [0.717, 1.165) is 30.9 Å². The van der Waals surface area contributed by atoms with Crippen LogP contribution in [0.4, 0.5) is 0 Å². The quantitative estimate of drug-likeness (QED) is 0.748. The Morgan fingerprint density at radius 1 is 1.11 bits per heavy atom. The molecule has 2 aromatic rings. The van der Waals surface area contributed by atoms with Gasteiger partial charge in [0.2, 0.25) is 0 Å². The van der Waals surface area contributed by atoms with Crippen LogP contribution in [-0.4, -0.2) is 29.9 Å². The molecule has 142 valence electrons. The van der Waals surface area contributed by atoms with Gasteiger partial charge in [-0.25, -0.2) is 0 Å². The van der Waals surface area contributed by atoms with E-state index in [9.17, 15) is 4.79 Å². The molecular weight excluding hydrogens is 379 g/mol. The molecule has 1 atom stereocenters. The molecule has 2 aliphatic heterocycles. The highest BCUT2D eigenvalue weighted by atomic mass is 35.5. The van der Waals surface area contributed by atoms with E-state index in [2.05, 4.69) is 29.4 Å². The lowest BCUT2D eigenvalue weighted by Gasteiger charge is -2.57. The number of hydrogen-bond donors (Lipinski definition) is 1. The summed E-state index contributed by atoms with van der Waals surface area (Å²) in [4.78, 5) is 15.6. The average Bonchev–Trinajstić information content (AvgIpc) is 2.69. The van der Waals surface area contributed by atoms with E-state index in [-0.39, 0.29) is 17.5 Å². The molecule has 2 bridgehead atoms. The third-order valence-corrected chi connectivity index (χ3v) is 7.22. The smallest absolute Gasteiger partial charge is 0.253 e. The van der Waals surface area contributed by atoms with E-state index in [1.165, 1.54) is 12.8 Å². The second kappa shape index (κ2) is 7.46. The number of carbonyl (C=O) groups excluding carboxylic acids is 1. The summed E-state index contributed by atoms with van der Waals surface area (Å²) in [5.74, 6) is 0.609. The number of hydrogen-bond acceptors (Lipinski definition) is 2. The van der Waals surface area contributed by atoms with Gasteiger partial charge >= 0.3 is 0 Å². The molecule has 1 aliphatic carbocycles. The van der Waals surface area contributed by atoms with Gasteiger partial charge in [0.15, 0.2) is 0 Å². The maximum atomic E-state index is 13.1. The number of fused-ring (bicyclic) bond motifs is 3. The number of nitrogens with zero attached hydrogens (tertiary/aromatic N) is 1. The number of piperidine rings is 2. The van der Waals surface area contributed by atoms with Crippen LogP contribution in [0.1, 0.15) is 47.6 Å². The van der Waals surface area contributed by atoms with Crippen molar-refractivity contribution in [3.63, 3.8) is 0 Å². The minimum atomic E-state index is -0.174. The summed E-state index contributed by atoms with van der Waals surface area (Å²) in [5.41, 5.74) is 1.50. The van der Waals surface area contributed by atoms with Crippen LogP contribution in [0.15, 0.2) is 48.5 Å². The normalized spacial score (nSPS) is 26.0. The van der Waals surface area contributed by atoms with Gasteiger partial charge in [-0.15, -0.1) is 0 Å². The van der Waals surface area contributed by atoms with Crippen LogP contribution in [-0.2, 0) is 0 Å². The van der Waals surface area contributed by atoms with Crippen LogP contribution < -0.4 is 5.32 Å². The van der Waals surface area contributed by atoms with Gasteiger partial charge in [-0.2, -0.15) is 0 Å². The van der Waals surface area contributed by atoms with Gasteiger partial charge in [0.25, 0.3) is 5.91 Å². The molecule has 1 saturated carbocycles. The third kappa shape index (κ3) is 3.37. The van der Waals surface area contributed by atoms with Gasteiger partial charge in [-0.1, -0.05) is 59.6 Å². The van der Waals surface area contributed by atoms with E-state index in [4.69, 9.17) is 23.2 Å². The summed E-state index contributed by atoms with van der Waals surface area (Å²) >= 11 is 12.4. The molecule has 3 nitrogen and oxygen atoms in total. The van der Waals surface area contributed by atoms with Crippen molar-refractivity contribution >= 4 is 29.1 Å². The molecule has 1 unspecified atom stereocenters. The number of amides is 1. The van der Waals surface area contributed by atoms with Crippen molar-refractivity contribution in [3.8, 4) is 0 Å². The van der Waals surface area contributed by atoms with Gasteiger partial charge in [0.1, 0.15) is 0 Å². The highest BCUT2D eigenvalue weighted by Crippen LogP contribution is 2.49. The number of rotatable bonds is 4. The summed E-state index contributed by atoms with van der Waals surface area (Å²) in [6.07, 6.45) is 4.64. The summed E-state index contributed by atoms with van der Waals surface area (Å²) in [6.45, 7) is 1.09. The van der Waals surface area contributed by atoms with Crippen LogP contribution in [0.5, 0.6) is 0 Å². The molecule has 5 heteroatoms. The Hall–Kier alpha value is -1.55. The zero-order valence-corrected chi connectivity index (χ0v) is 16.9. The number of halogens is 2. The summed E-state index contributed by atoms with van der Waals surface area (Å²) in [5, 5.41) is 4.01. The second-order valence-electron chi connectivity index (χ2n) is 7.85. The van der Waals surface area contributed by atoms with Crippen LogP contribution in [0.2, 0.25) is 10.0 Å². The molecule has 0 aromatic heterocycles. The lowest BCUT2D eigenvalue weighted by molar-refractivity contribution is -0.0404. The summed E-state index contributed by atoms with van der Waals surface area (Å²) < 4.78 is 0. The monoisotopic (exact) mass is 402 g/mol. The molecule has 2 aromatic carbocycles. The van der Waals surface area contributed by atoms with E-state index in [1.54, 1.807) is 18.2 Å². The first-order valence-electron chi connectivity index (χ1n) is 9.52. The number of carbonyl (C=O) groups is 1. The number of nitrogens with one attached hydrogen (secondary N) is 1. The van der Waals surface area contributed by atoms with Crippen molar-refractivity contribution in [2.24, 2.45) is 5.92 Å². The fraction of sp³-hybridized carbons (Fsp3) is 0.409. The Morgan fingerprint density at radius 3 is 2.48 bits per heavy atom. The summed E-state index contributed by atoms with van der Waals surface area (Å²) in [7, 11) is 2.19. The predicted octanol–water partition coefficient (Wildman–Crippen LogP) is 5.34. The van der Waals surface area contributed by atoms with Gasteiger partial charge < -0.3 is 5.32 Å². The maximum Gasteiger partial charge on any atom is 0.253 e. The standard InChI is InChI=1S/C22H24Cl2N2O/c1-26-14-15-10-12-22(26,13-11-15)20(16-6-3-2-4-7-16)25-21(27)17-8-5-9-18(23)19(17)24/h2-9,15,20H,10-14H2,1H3,(H,25,27). The first-order chi connectivity index (χ1) is 13.0. The molecule has 1 N–H and O–H groups in total. The van der Waals surface area contributed by atoms with Gasteiger partial charge in [-0.05, 0) is 56.3 Å². The topological polar surface area (TPSA) is 32.3 Å². The maximum absolute atomic E-state index is 13.1. The fourth-order valence-corrected chi connectivity index (χ4v) is 5.27. The Bertz CT molecular complexity index is 831. The van der Waals surface area contributed by atoms with Crippen molar-refractivity contribution in [2.45, 2.75) is 37.3 Å². The predicted molar refractivity (Wildman–Crippen MR) is 110 cm³/mol. The molecular formula is C22H24Cl2N2O. The molecule has 5 rings (SSSR count). The zero-order chi connectivity index (χ0) is 19.0. The Balaban J connectivity index is 1.71. The highest BCUT2D eigenvalue weighted by molar-refractivity contribution is 6.43.